The monoisotopic (exact) mass is 286 g/mol. The summed E-state index contributed by atoms with van der Waals surface area (Å²) in [5, 5.41) is 9.74. The zero-order chi connectivity index (χ0) is 14.8. The van der Waals surface area contributed by atoms with Crippen LogP contribution in [0.3, 0.4) is 0 Å². The summed E-state index contributed by atoms with van der Waals surface area (Å²) in [7, 11) is 0. The van der Waals surface area contributed by atoms with Crippen molar-refractivity contribution in [1.29, 1.82) is 0 Å². The number of aromatic nitrogens is 1. The Kier molecular flexibility index (Phi) is 3.75. The van der Waals surface area contributed by atoms with Crippen LogP contribution in [0.5, 0.6) is 0 Å². The van der Waals surface area contributed by atoms with E-state index in [4.69, 9.17) is 5.11 Å². The topological polar surface area (TPSA) is 73.4 Å². The number of piperidine rings is 1. The van der Waals surface area contributed by atoms with Crippen LogP contribution in [-0.2, 0) is 0 Å². The number of rotatable bonds is 4. The highest BCUT2D eigenvalue weighted by atomic mass is 16.4. The van der Waals surface area contributed by atoms with Gasteiger partial charge < -0.3 is 10.1 Å². The van der Waals surface area contributed by atoms with E-state index >= 15 is 0 Å². The summed E-state index contributed by atoms with van der Waals surface area (Å²) < 4.78 is 0. The summed E-state index contributed by atoms with van der Waals surface area (Å²) in [5.41, 5.74) is 1.52. The molecule has 1 fully saturated rings. The fourth-order valence-corrected chi connectivity index (χ4v) is 2.83. The molecule has 0 spiro atoms. The van der Waals surface area contributed by atoms with Gasteiger partial charge in [-0.1, -0.05) is 6.42 Å². The molecule has 1 aromatic carbocycles. The predicted octanol–water partition coefficient (Wildman–Crippen LogP) is 2.53. The molecule has 0 amide bonds. The molecule has 0 unspecified atom stereocenters. The van der Waals surface area contributed by atoms with Crippen LogP contribution in [0, 0.1) is 0 Å². The molecule has 1 saturated heterocycles. The van der Waals surface area contributed by atoms with Crippen molar-refractivity contribution >= 4 is 22.7 Å². The van der Waals surface area contributed by atoms with E-state index in [1.54, 1.807) is 24.3 Å². The minimum Gasteiger partial charge on any atom is -0.477 e. The summed E-state index contributed by atoms with van der Waals surface area (Å²) in [4.78, 5) is 28.3. The fraction of sp³-hybridized carbons (Fsp3) is 0.375. The average Bonchev–Trinajstić information content (AvgIpc) is 2.91. The fourth-order valence-electron chi connectivity index (χ4n) is 2.83. The van der Waals surface area contributed by atoms with Crippen molar-refractivity contribution in [3.05, 3.63) is 35.5 Å². The van der Waals surface area contributed by atoms with E-state index in [9.17, 15) is 9.59 Å². The first-order valence-corrected chi connectivity index (χ1v) is 7.25. The van der Waals surface area contributed by atoms with Crippen LogP contribution in [0.4, 0.5) is 0 Å². The Hall–Kier alpha value is -2.14. The lowest BCUT2D eigenvalue weighted by molar-refractivity contribution is 0.0691. The number of hydrogen-bond donors (Lipinski definition) is 2. The van der Waals surface area contributed by atoms with Gasteiger partial charge in [0.15, 0.2) is 5.78 Å². The van der Waals surface area contributed by atoms with Gasteiger partial charge in [-0.3, -0.25) is 9.69 Å². The SMILES string of the molecule is O=C(CN1CCCCC1)c1ccc2[nH]c(C(=O)O)cc2c1. The second kappa shape index (κ2) is 5.69. The van der Waals surface area contributed by atoms with Crippen molar-refractivity contribution in [2.45, 2.75) is 19.3 Å². The average molecular weight is 286 g/mol. The number of carboxylic acids is 1. The zero-order valence-corrected chi connectivity index (χ0v) is 11.8. The number of aromatic carboxylic acids is 1. The van der Waals surface area contributed by atoms with E-state index < -0.39 is 5.97 Å². The predicted molar refractivity (Wildman–Crippen MR) is 79.9 cm³/mol. The third kappa shape index (κ3) is 2.97. The van der Waals surface area contributed by atoms with Crippen molar-refractivity contribution in [1.82, 2.24) is 9.88 Å². The van der Waals surface area contributed by atoms with Crippen LogP contribution >= 0.6 is 0 Å². The highest BCUT2D eigenvalue weighted by molar-refractivity contribution is 6.02. The van der Waals surface area contributed by atoms with Crippen LogP contribution in [0.1, 0.15) is 40.1 Å². The largest absolute Gasteiger partial charge is 0.477 e. The second-order valence-corrected chi connectivity index (χ2v) is 5.55. The van der Waals surface area contributed by atoms with Gasteiger partial charge in [-0.15, -0.1) is 0 Å². The quantitative estimate of drug-likeness (QED) is 0.847. The molecular weight excluding hydrogens is 268 g/mol. The molecular formula is C16H18N2O3. The highest BCUT2D eigenvalue weighted by Crippen LogP contribution is 2.18. The summed E-state index contributed by atoms with van der Waals surface area (Å²) in [5.74, 6) is -0.899. The van der Waals surface area contributed by atoms with E-state index in [0.29, 0.717) is 12.1 Å². The number of carboxylic acid groups (broad SMARTS) is 1. The van der Waals surface area contributed by atoms with Gasteiger partial charge in [-0.2, -0.15) is 0 Å². The Morgan fingerprint density at radius 2 is 1.90 bits per heavy atom. The number of hydrogen-bond acceptors (Lipinski definition) is 3. The number of likely N-dealkylation sites (tertiary alicyclic amines) is 1. The molecule has 1 aliphatic rings. The van der Waals surface area contributed by atoms with Gasteiger partial charge in [-0.25, -0.2) is 4.79 Å². The number of H-pyrrole nitrogens is 1. The highest BCUT2D eigenvalue weighted by Gasteiger charge is 2.16. The number of Topliss-reactive ketones (excluding diaryl/α,β-unsaturated/α-hetero) is 1. The van der Waals surface area contributed by atoms with E-state index in [1.165, 1.54) is 6.42 Å². The maximum Gasteiger partial charge on any atom is 0.352 e. The van der Waals surface area contributed by atoms with E-state index in [-0.39, 0.29) is 11.5 Å². The standard InChI is InChI=1S/C16H18N2O3/c19-15(10-18-6-2-1-3-7-18)11-4-5-13-12(8-11)9-14(17-13)16(20)21/h4-5,8-9,17H,1-3,6-7,10H2,(H,20,21). The van der Waals surface area contributed by atoms with E-state index in [0.717, 1.165) is 36.8 Å². The smallest absolute Gasteiger partial charge is 0.352 e. The molecule has 1 aromatic heterocycles. The molecule has 0 aliphatic carbocycles. The number of carbonyl (C=O) groups excluding carboxylic acids is 1. The lowest BCUT2D eigenvalue weighted by atomic mass is 10.1. The zero-order valence-electron chi connectivity index (χ0n) is 11.8. The van der Waals surface area contributed by atoms with Crippen molar-refractivity contribution in [2.75, 3.05) is 19.6 Å². The molecule has 5 heteroatoms. The lowest BCUT2D eigenvalue weighted by Crippen LogP contribution is -2.34. The lowest BCUT2D eigenvalue weighted by Gasteiger charge is -2.25. The van der Waals surface area contributed by atoms with Gasteiger partial charge in [0.05, 0.1) is 6.54 Å². The van der Waals surface area contributed by atoms with Crippen molar-refractivity contribution in [2.24, 2.45) is 0 Å². The molecule has 110 valence electrons. The van der Waals surface area contributed by atoms with E-state index in [2.05, 4.69) is 9.88 Å². The van der Waals surface area contributed by atoms with Crippen LogP contribution in [0.2, 0.25) is 0 Å². The number of nitrogens with one attached hydrogen (secondary N) is 1. The Morgan fingerprint density at radius 3 is 2.62 bits per heavy atom. The van der Waals surface area contributed by atoms with Gasteiger partial charge in [0.2, 0.25) is 0 Å². The number of fused-ring (bicyclic) bond motifs is 1. The van der Waals surface area contributed by atoms with Crippen LogP contribution < -0.4 is 0 Å². The van der Waals surface area contributed by atoms with Crippen molar-refractivity contribution in [3.8, 4) is 0 Å². The van der Waals surface area contributed by atoms with Gasteiger partial charge >= 0.3 is 5.97 Å². The molecule has 0 atom stereocenters. The van der Waals surface area contributed by atoms with Gasteiger partial charge in [-0.05, 0) is 50.2 Å². The maximum atomic E-state index is 12.3. The number of carbonyl (C=O) groups is 2. The summed E-state index contributed by atoms with van der Waals surface area (Å²) in [6, 6.07) is 6.86. The number of ketones is 1. The van der Waals surface area contributed by atoms with Gasteiger partial charge in [0.1, 0.15) is 5.69 Å². The molecule has 0 bridgehead atoms. The molecule has 5 nitrogen and oxygen atoms in total. The van der Waals surface area contributed by atoms with Crippen molar-refractivity contribution in [3.63, 3.8) is 0 Å². The molecule has 1 aliphatic heterocycles. The minimum atomic E-state index is -0.993. The molecule has 21 heavy (non-hydrogen) atoms. The normalized spacial score (nSPS) is 16.2. The third-order valence-corrected chi connectivity index (χ3v) is 3.99. The van der Waals surface area contributed by atoms with Gasteiger partial charge in [0, 0.05) is 16.5 Å². The van der Waals surface area contributed by atoms with Crippen LogP contribution in [-0.4, -0.2) is 46.4 Å². The first-order chi connectivity index (χ1) is 10.1. The second-order valence-electron chi connectivity index (χ2n) is 5.55. The molecule has 0 radical (unpaired) electrons. The van der Waals surface area contributed by atoms with E-state index in [1.807, 2.05) is 0 Å². The first kappa shape index (κ1) is 13.8. The molecule has 2 aromatic rings. The molecule has 0 saturated carbocycles. The number of aromatic amines is 1. The van der Waals surface area contributed by atoms with Gasteiger partial charge in [0.25, 0.3) is 0 Å². The summed E-state index contributed by atoms with van der Waals surface area (Å²) in [6.45, 7) is 2.42. The Labute approximate surface area is 122 Å². The third-order valence-electron chi connectivity index (χ3n) is 3.99. The molecule has 2 N–H and O–H groups in total. The molecule has 2 heterocycles. The Morgan fingerprint density at radius 1 is 1.14 bits per heavy atom. The molecule has 3 rings (SSSR count). The summed E-state index contributed by atoms with van der Waals surface area (Å²) in [6.07, 6.45) is 3.57. The number of benzene rings is 1. The maximum absolute atomic E-state index is 12.3. The Balaban J connectivity index is 1.79. The minimum absolute atomic E-state index is 0.0943. The first-order valence-electron chi connectivity index (χ1n) is 7.25. The van der Waals surface area contributed by atoms with Crippen LogP contribution in [0.25, 0.3) is 10.9 Å². The summed E-state index contributed by atoms with van der Waals surface area (Å²) >= 11 is 0. The van der Waals surface area contributed by atoms with Crippen molar-refractivity contribution < 1.29 is 14.7 Å². The number of nitrogens with zero attached hydrogens (tertiary/aromatic N) is 1. The Bertz CT molecular complexity index is 684. The van der Waals surface area contributed by atoms with Crippen LogP contribution in [0.15, 0.2) is 24.3 Å².